The maximum atomic E-state index is 12.5. The fraction of sp³-hybridized carbons (Fsp3) is 0.200. The van der Waals surface area contributed by atoms with E-state index in [9.17, 15) is 29.4 Å². The van der Waals surface area contributed by atoms with Gasteiger partial charge in [0, 0.05) is 10.7 Å². The predicted molar refractivity (Wildman–Crippen MR) is 125 cm³/mol. The van der Waals surface area contributed by atoms with Crippen LogP contribution in [0.4, 0.5) is 0 Å². The van der Waals surface area contributed by atoms with Crippen LogP contribution >= 0.6 is 11.6 Å². The molecule has 2 aliphatic rings. The monoisotopic (exact) mass is 496 g/mol. The average Bonchev–Trinajstić information content (AvgIpc) is 3.06. The van der Waals surface area contributed by atoms with E-state index >= 15 is 0 Å². The molecular formula is C25H21ClN2O7. The number of nitrogens with one attached hydrogen (secondary N) is 1. The molecule has 180 valence electrons. The molecule has 2 aliphatic heterocycles. The maximum Gasteiger partial charge on any atom is 0.334 e. The van der Waals surface area contributed by atoms with E-state index < -0.39 is 29.7 Å². The average molecular weight is 497 g/mol. The minimum atomic E-state index is -1.33. The highest BCUT2D eigenvalue weighted by Crippen LogP contribution is 2.41. The summed E-state index contributed by atoms with van der Waals surface area (Å²) < 4.78 is 5.64. The lowest BCUT2D eigenvalue weighted by atomic mass is 9.80. The van der Waals surface area contributed by atoms with Gasteiger partial charge in [-0.2, -0.15) is 0 Å². The van der Waals surface area contributed by atoms with Gasteiger partial charge in [0.25, 0.3) is 11.8 Å². The van der Waals surface area contributed by atoms with Crippen molar-refractivity contribution in [2.75, 3.05) is 19.8 Å². The molecule has 10 heteroatoms. The molecule has 0 fully saturated rings. The first-order chi connectivity index (χ1) is 16.7. The second-order valence-corrected chi connectivity index (χ2v) is 8.39. The van der Waals surface area contributed by atoms with Crippen LogP contribution in [0.1, 0.15) is 39.1 Å². The number of nitrogens with zero attached hydrogens (tertiary/aromatic N) is 1. The first-order valence-electron chi connectivity index (χ1n) is 10.7. The molecule has 3 N–H and O–H groups in total. The molecular weight excluding hydrogens is 476 g/mol. The minimum Gasteiger partial charge on any atom is -0.478 e. The molecule has 35 heavy (non-hydrogen) atoms. The lowest BCUT2D eigenvalue weighted by Crippen LogP contribution is -2.35. The van der Waals surface area contributed by atoms with E-state index in [1.54, 1.807) is 48.5 Å². The summed E-state index contributed by atoms with van der Waals surface area (Å²) in [7, 11) is 0. The Kier molecular flexibility index (Phi) is 6.72. The van der Waals surface area contributed by atoms with Crippen LogP contribution in [0, 0.1) is 0 Å². The molecule has 0 saturated heterocycles. The second-order valence-electron chi connectivity index (χ2n) is 7.98. The molecule has 9 nitrogen and oxygen atoms in total. The van der Waals surface area contributed by atoms with Gasteiger partial charge in [0.05, 0.1) is 53.6 Å². The highest BCUT2D eigenvalue weighted by Gasteiger charge is 2.39. The summed E-state index contributed by atoms with van der Waals surface area (Å²) in [5.74, 6) is -4.56. The summed E-state index contributed by atoms with van der Waals surface area (Å²) in [5, 5.41) is 22.9. The number of fused-ring (bicyclic) bond motifs is 1. The minimum absolute atomic E-state index is 0.0226. The summed E-state index contributed by atoms with van der Waals surface area (Å²) in [6.45, 7) is 1.25. The van der Waals surface area contributed by atoms with Crippen LogP contribution in [-0.4, -0.2) is 58.6 Å². The molecule has 2 heterocycles. The zero-order valence-electron chi connectivity index (χ0n) is 18.6. The van der Waals surface area contributed by atoms with Gasteiger partial charge in [-0.15, -0.1) is 0 Å². The Hall–Kier alpha value is -3.95. The Balaban J connectivity index is 1.55. The number of carboxylic acids is 2. The molecule has 4 rings (SSSR count). The van der Waals surface area contributed by atoms with Gasteiger partial charge in [-0.25, -0.2) is 9.59 Å². The van der Waals surface area contributed by atoms with Gasteiger partial charge < -0.3 is 20.3 Å². The van der Waals surface area contributed by atoms with Crippen LogP contribution < -0.4 is 5.32 Å². The molecule has 2 amide bonds. The number of hydrogen-bond acceptors (Lipinski definition) is 6. The molecule has 2 aromatic carbocycles. The number of benzene rings is 2. The molecule has 0 aromatic heterocycles. The van der Waals surface area contributed by atoms with Crippen molar-refractivity contribution in [3.05, 3.63) is 92.8 Å². The number of aliphatic carboxylic acids is 2. The number of dihydropyridines is 1. The SMILES string of the molecule is CC1=C(C(=O)O)C(c2ccccc2Cl)C(C(=O)O)=C(COCCN2C(=O)c3ccccc3C2=O)N1. The number of imide groups is 1. The lowest BCUT2D eigenvalue weighted by Gasteiger charge is -2.30. The maximum absolute atomic E-state index is 12.5. The van der Waals surface area contributed by atoms with E-state index in [-0.39, 0.29) is 47.3 Å². The Morgan fingerprint density at radius 1 is 0.971 bits per heavy atom. The Morgan fingerprint density at radius 2 is 1.54 bits per heavy atom. The zero-order chi connectivity index (χ0) is 25.3. The first-order valence-corrected chi connectivity index (χ1v) is 11.0. The van der Waals surface area contributed by atoms with Gasteiger partial charge in [0.1, 0.15) is 0 Å². The Labute approximate surface area is 205 Å². The smallest absolute Gasteiger partial charge is 0.334 e. The Morgan fingerprint density at radius 3 is 2.11 bits per heavy atom. The van der Waals surface area contributed by atoms with Crippen molar-refractivity contribution in [3.8, 4) is 0 Å². The van der Waals surface area contributed by atoms with Crippen molar-refractivity contribution < 1.29 is 34.1 Å². The number of halogens is 1. The van der Waals surface area contributed by atoms with E-state index in [4.69, 9.17) is 16.3 Å². The molecule has 0 aliphatic carbocycles. The number of allylic oxidation sites excluding steroid dienone is 1. The fourth-order valence-corrected chi connectivity index (χ4v) is 4.58. The standard InChI is InChI=1S/C25H21ClN2O7/c1-13-19(24(31)32)20(16-8-4-5-9-17(16)26)21(25(33)34)18(27-13)12-35-11-10-28-22(29)14-6-2-3-7-15(14)23(28)30/h2-9,20,27H,10-12H2,1H3,(H,31,32)(H,33,34). The summed E-state index contributed by atoms with van der Waals surface area (Å²) >= 11 is 6.31. The quantitative estimate of drug-likeness (QED) is 0.375. The third kappa shape index (κ3) is 4.43. The van der Waals surface area contributed by atoms with E-state index in [0.717, 1.165) is 4.90 Å². The second kappa shape index (κ2) is 9.73. The van der Waals surface area contributed by atoms with Gasteiger partial charge in [-0.05, 0) is 30.7 Å². The summed E-state index contributed by atoms with van der Waals surface area (Å²) in [5.41, 5.74) is 1.07. The molecule has 1 unspecified atom stereocenters. The highest BCUT2D eigenvalue weighted by molar-refractivity contribution is 6.31. The van der Waals surface area contributed by atoms with Crippen molar-refractivity contribution in [2.45, 2.75) is 12.8 Å². The summed E-state index contributed by atoms with van der Waals surface area (Å²) in [6, 6.07) is 13.0. The fourth-order valence-electron chi connectivity index (χ4n) is 4.34. The van der Waals surface area contributed by atoms with Gasteiger partial charge in [-0.1, -0.05) is 41.9 Å². The molecule has 0 radical (unpaired) electrons. The van der Waals surface area contributed by atoms with Gasteiger partial charge in [-0.3, -0.25) is 14.5 Å². The number of ether oxygens (including phenoxy) is 1. The number of carbonyl (C=O) groups is 4. The zero-order valence-corrected chi connectivity index (χ0v) is 19.3. The van der Waals surface area contributed by atoms with Crippen molar-refractivity contribution >= 4 is 35.4 Å². The topological polar surface area (TPSA) is 133 Å². The molecule has 2 aromatic rings. The molecule has 0 bridgehead atoms. The van der Waals surface area contributed by atoms with E-state index in [2.05, 4.69) is 5.32 Å². The summed E-state index contributed by atoms with van der Waals surface area (Å²) in [6.07, 6.45) is 0. The largest absolute Gasteiger partial charge is 0.478 e. The van der Waals surface area contributed by atoms with Crippen molar-refractivity contribution in [2.24, 2.45) is 0 Å². The van der Waals surface area contributed by atoms with Crippen LogP contribution in [-0.2, 0) is 14.3 Å². The number of hydrogen-bond donors (Lipinski definition) is 3. The lowest BCUT2D eigenvalue weighted by molar-refractivity contribution is -0.133. The van der Waals surface area contributed by atoms with E-state index in [1.165, 1.54) is 6.92 Å². The van der Waals surface area contributed by atoms with Gasteiger partial charge in [0.15, 0.2) is 0 Å². The predicted octanol–water partition coefficient (Wildman–Crippen LogP) is 3.04. The van der Waals surface area contributed by atoms with Crippen LogP contribution in [0.5, 0.6) is 0 Å². The molecule has 0 saturated carbocycles. The first kappa shape index (κ1) is 24.2. The van der Waals surface area contributed by atoms with Crippen LogP contribution in [0.3, 0.4) is 0 Å². The summed E-state index contributed by atoms with van der Waals surface area (Å²) in [4.78, 5) is 50.4. The number of carbonyl (C=O) groups excluding carboxylic acids is 2. The normalized spacial score (nSPS) is 17.5. The van der Waals surface area contributed by atoms with Crippen LogP contribution in [0.2, 0.25) is 5.02 Å². The number of amides is 2. The van der Waals surface area contributed by atoms with E-state index in [0.29, 0.717) is 16.7 Å². The van der Waals surface area contributed by atoms with Gasteiger partial charge >= 0.3 is 11.9 Å². The molecule has 1 atom stereocenters. The van der Waals surface area contributed by atoms with Crippen molar-refractivity contribution in [3.63, 3.8) is 0 Å². The van der Waals surface area contributed by atoms with Crippen LogP contribution in [0.15, 0.2) is 71.1 Å². The molecule has 0 spiro atoms. The number of rotatable bonds is 8. The van der Waals surface area contributed by atoms with Gasteiger partial charge in [0.2, 0.25) is 0 Å². The highest BCUT2D eigenvalue weighted by atomic mass is 35.5. The van der Waals surface area contributed by atoms with Crippen LogP contribution in [0.25, 0.3) is 0 Å². The number of carboxylic acid groups (broad SMARTS) is 2. The third-order valence-electron chi connectivity index (χ3n) is 5.91. The van der Waals surface area contributed by atoms with E-state index in [1.807, 2.05) is 0 Å². The third-order valence-corrected chi connectivity index (χ3v) is 6.25. The van der Waals surface area contributed by atoms with Crippen molar-refractivity contribution in [1.82, 2.24) is 10.2 Å². The Bertz CT molecular complexity index is 1280. The van der Waals surface area contributed by atoms with Crippen molar-refractivity contribution in [1.29, 1.82) is 0 Å².